The average molecular weight is 720 g/mol. The zero-order chi connectivity index (χ0) is 37.0. The van der Waals surface area contributed by atoms with Gasteiger partial charge in [-0.05, 0) is 131 Å². The molecular weight excluding hydrogens is 650 g/mol. The van der Waals surface area contributed by atoms with Crippen molar-refractivity contribution in [2.24, 2.45) is 29.1 Å². The van der Waals surface area contributed by atoms with Gasteiger partial charge in [-0.25, -0.2) is 4.79 Å². The number of benzene rings is 1. The Bertz CT molecular complexity index is 1410. The number of fused-ring (bicyclic) bond motifs is 8. The van der Waals surface area contributed by atoms with Crippen LogP contribution >= 0.6 is 0 Å². The summed E-state index contributed by atoms with van der Waals surface area (Å²) < 4.78 is 12.6. The minimum Gasteiger partial charge on any atom is -0.446 e. The molecule has 1 heterocycles. The third kappa shape index (κ3) is 8.84. The quantitative estimate of drug-likeness (QED) is 0.205. The lowest BCUT2D eigenvalue weighted by molar-refractivity contribution is -0.0908. The van der Waals surface area contributed by atoms with Crippen LogP contribution in [0.5, 0.6) is 0 Å². The number of amides is 1. The van der Waals surface area contributed by atoms with Crippen molar-refractivity contribution in [3.8, 4) is 0 Å². The summed E-state index contributed by atoms with van der Waals surface area (Å²) >= 11 is 0. The zero-order valence-corrected chi connectivity index (χ0v) is 33.0. The van der Waals surface area contributed by atoms with Gasteiger partial charge >= 0.3 is 6.09 Å². The maximum atomic E-state index is 14.5. The zero-order valence-electron chi connectivity index (χ0n) is 33.0. The van der Waals surface area contributed by atoms with Crippen molar-refractivity contribution < 1.29 is 29.3 Å². The number of nitrogens with zero attached hydrogens (tertiary/aromatic N) is 1. The standard InChI is InChI=1S/C45H69NO6/c1-30(2)37-19-16-32(4)25-41(37)52-43(49)46(28-36-14-10-24-51-36)29-45(50)23-21-40-38-20-17-33(27-39(38)42(48)34-12-7-6-8-13-34)26-35(47)18-15-31(3)11-9-22-44(40,45)5/h11,17,20,27,30,32,34-37,40-41,47,50H,6-10,12-16,18-19,21-26,28-29H2,1-5H3/t32-,35-,36+,37+,40-,41-,44-,45+/m0/s1. The highest BCUT2D eigenvalue weighted by Crippen LogP contribution is 2.59. The molecule has 7 nitrogen and oxygen atoms in total. The summed E-state index contributed by atoms with van der Waals surface area (Å²) in [5.41, 5.74) is 2.30. The molecule has 0 radical (unpaired) electrons. The summed E-state index contributed by atoms with van der Waals surface area (Å²) in [6.07, 6.45) is 16.3. The Kier molecular flexibility index (Phi) is 13.0. The summed E-state index contributed by atoms with van der Waals surface area (Å²) in [4.78, 5) is 30.6. The Morgan fingerprint density at radius 2 is 1.81 bits per heavy atom. The molecule has 7 rings (SSSR count). The predicted octanol–water partition coefficient (Wildman–Crippen LogP) is 9.57. The highest BCUT2D eigenvalue weighted by atomic mass is 16.6. The Balaban J connectivity index is 1.35. The first-order chi connectivity index (χ1) is 24.9. The molecule has 7 heteroatoms. The second-order valence-corrected chi connectivity index (χ2v) is 18.4. The van der Waals surface area contributed by atoms with E-state index in [4.69, 9.17) is 9.47 Å². The van der Waals surface area contributed by atoms with Crippen molar-refractivity contribution >= 4 is 11.9 Å². The topological polar surface area (TPSA) is 96.3 Å². The second-order valence-electron chi connectivity index (χ2n) is 18.4. The van der Waals surface area contributed by atoms with Gasteiger partial charge in [-0.2, -0.15) is 0 Å². The van der Waals surface area contributed by atoms with Crippen LogP contribution in [-0.2, 0) is 15.9 Å². The number of hydrogen-bond acceptors (Lipinski definition) is 6. The number of rotatable bonds is 8. The van der Waals surface area contributed by atoms with Crippen molar-refractivity contribution in [1.29, 1.82) is 0 Å². The van der Waals surface area contributed by atoms with Crippen molar-refractivity contribution in [2.75, 3.05) is 19.7 Å². The number of aliphatic hydroxyl groups is 2. The molecule has 1 aliphatic heterocycles. The summed E-state index contributed by atoms with van der Waals surface area (Å²) in [5.74, 6) is 1.48. The second kappa shape index (κ2) is 17.1. The van der Waals surface area contributed by atoms with E-state index >= 15 is 0 Å². The van der Waals surface area contributed by atoms with Gasteiger partial charge in [0.25, 0.3) is 0 Å². The molecule has 290 valence electrons. The summed E-state index contributed by atoms with van der Waals surface area (Å²) in [5, 5.41) is 24.1. The van der Waals surface area contributed by atoms with Crippen molar-refractivity contribution in [2.45, 2.75) is 174 Å². The van der Waals surface area contributed by atoms with Gasteiger partial charge in [-0.3, -0.25) is 4.79 Å². The van der Waals surface area contributed by atoms with Gasteiger partial charge < -0.3 is 24.6 Å². The molecule has 1 saturated heterocycles. The van der Waals surface area contributed by atoms with E-state index in [-0.39, 0.29) is 42.5 Å². The minimum atomic E-state index is -1.19. The number of Topliss-reactive ketones (excluding diaryl/α,β-unsaturated/α-hetero) is 1. The van der Waals surface area contributed by atoms with Crippen LogP contribution in [0.3, 0.4) is 0 Å². The first-order valence-corrected chi connectivity index (χ1v) is 21.2. The number of allylic oxidation sites excluding steroid dienone is 2. The van der Waals surface area contributed by atoms with Crippen LogP contribution in [0, 0.1) is 29.1 Å². The number of carbonyl (C=O) groups excluding carboxylic acids is 2. The summed E-state index contributed by atoms with van der Waals surface area (Å²) in [6, 6.07) is 6.34. The number of ether oxygens (including phenoxy) is 2. The van der Waals surface area contributed by atoms with Gasteiger partial charge in [0.15, 0.2) is 5.78 Å². The van der Waals surface area contributed by atoms with Crippen molar-refractivity contribution in [3.63, 3.8) is 0 Å². The van der Waals surface area contributed by atoms with Crippen LogP contribution in [-0.4, -0.2) is 70.6 Å². The lowest BCUT2D eigenvalue weighted by Gasteiger charge is -2.46. The predicted molar refractivity (Wildman–Crippen MR) is 206 cm³/mol. The van der Waals surface area contributed by atoms with Gasteiger partial charge in [-0.15, -0.1) is 0 Å². The molecule has 0 aromatic heterocycles. The first kappa shape index (κ1) is 39.5. The SMILES string of the molecule is CC1=CCC[C@@]2(C)[C@@H](CC[C@@]2(O)CN(C[C@H]2CCCO2)C(=O)O[C@H]2C[C@@H](C)CC[C@@H]2C(C)C)c2ccc(cc2C(=O)C2CCCCC2)C[C@@H](O)CC1. The summed E-state index contributed by atoms with van der Waals surface area (Å²) in [6.45, 7) is 12.4. The minimum absolute atomic E-state index is 0.0255. The van der Waals surface area contributed by atoms with E-state index < -0.39 is 17.1 Å². The van der Waals surface area contributed by atoms with Crippen LogP contribution in [0.2, 0.25) is 0 Å². The molecule has 1 aromatic rings. The molecular formula is C45H69NO6. The molecule has 0 unspecified atom stereocenters. The first-order valence-electron chi connectivity index (χ1n) is 21.2. The maximum absolute atomic E-state index is 14.5. The fourth-order valence-corrected chi connectivity index (χ4v) is 10.8. The van der Waals surface area contributed by atoms with E-state index in [2.05, 4.69) is 58.9 Å². The summed E-state index contributed by atoms with van der Waals surface area (Å²) in [7, 11) is 0. The highest BCUT2D eigenvalue weighted by Gasteiger charge is 2.58. The molecule has 2 bridgehead atoms. The van der Waals surface area contributed by atoms with E-state index in [0.29, 0.717) is 50.2 Å². The molecule has 0 spiro atoms. The van der Waals surface area contributed by atoms with Crippen LogP contribution in [0.4, 0.5) is 4.79 Å². The van der Waals surface area contributed by atoms with E-state index in [0.717, 1.165) is 100 Å². The highest BCUT2D eigenvalue weighted by molar-refractivity contribution is 5.99. The largest absolute Gasteiger partial charge is 0.446 e. The van der Waals surface area contributed by atoms with E-state index in [1.54, 1.807) is 4.90 Å². The molecule has 4 fully saturated rings. The van der Waals surface area contributed by atoms with Crippen molar-refractivity contribution in [3.05, 3.63) is 46.5 Å². The fraction of sp³-hybridized carbons (Fsp3) is 0.778. The Morgan fingerprint density at radius 1 is 1.02 bits per heavy atom. The van der Waals surface area contributed by atoms with Gasteiger partial charge in [-0.1, -0.05) is 77.2 Å². The van der Waals surface area contributed by atoms with Crippen LogP contribution in [0.25, 0.3) is 0 Å². The van der Waals surface area contributed by atoms with E-state index in [1.165, 1.54) is 12.0 Å². The third-order valence-corrected chi connectivity index (χ3v) is 14.3. The molecule has 8 atom stereocenters. The normalized spacial score (nSPS) is 34.8. The monoisotopic (exact) mass is 720 g/mol. The van der Waals surface area contributed by atoms with Gasteiger partial charge in [0.1, 0.15) is 6.10 Å². The smallest absolute Gasteiger partial charge is 0.410 e. The average Bonchev–Trinajstić information content (AvgIpc) is 3.72. The van der Waals surface area contributed by atoms with Crippen LogP contribution in [0.1, 0.15) is 165 Å². The number of ketones is 1. The molecule has 3 saturated carbocycles. The van der Waals surface area contributed by atoms with E-state index in [1.807, 2.05) is 0 Å². The van der Waals surface area contributed by atoms with E-state index in [9.17, 15) is 19.8 Å². The van der Waals surface area contributed by atoms with Crippen LogP contribution in [0.15, 0.2) is 29.8 Å². The molecule has 5 aliphatic carbocycles. The molecule has 1 amide bonds. The van der Waals surface area contributed by atoms with Gasteiger partial charge in [0.2, 0.25) is 0 Å². The number of hydrogen-bond donors (Lipinski definition) is 2. The lowest BCUT2D eigenvalue weighted by atomic mass is 9.64. The molecule has 2 N–H and O–H groups in total. The lowest BCUT2D eigenvalue weighted by Crippen LogP contribution is -2.55. The fourth-order valence-electron chi connectivity index (χ4n) is 10.8. The molecule has 1 aromatic carbocycles. The molecule has 6 aliphatic rings. The Morgan fingerprint density at radius 3 is 2.54 bits per heavy atom. The van der Waals surface area contributed by atoms with Gasteiger partial charge in [0, 0.05) is 23.5 Å². The van der Waals surface area contributed by atoms with Gasteiger partial charge in [0.05, 0.1) is 30.9 Å². The number of carbonyl (C=O) groups is 2. The molecule has 52 heavy (non-hydrogen) atoms. The Hall–Kier alpha value is -2.22. The Labute approximate surface area is 314 Å². The maximum Gasteiger partial charge on any atom is 0.410 e. The van der Waals surface area contributed by atoms with Crippen molar-refractivity contribution in [1.82, 2.24) is 4.90 Å². The third-order valence-electron chi connectivity index (χ3n) is 14.3. The van der Waals surface area contributed by atoms with Crippen LogP contribution < -0.4 is 0 Å². The number of aliphatic hydroxyl groups excluding tert-OH is 1.